The van der Waals surface area contributed by atoms with E-state index in [9.17, 15) is 13.2 Å². The van der Waals surface area contributed by atoms with Crippen molar-refractivity contribution in [2.75, 3.05) is 4.72 Å². The van der Waals surface area contributed by atoms with E-state index in [1.165, 1.54) is 6.07 Å². The van der Waals surface area contributed by atoms with Crippen LogP contribution in [-0.4, -0.2) is 14.3 Å². The van der Waals surface area contributed by atoms with Gasteiger partial charge in [-0.25, -0.2) is 8.42 Å². The number of amides is 1. The molecule has 1 unspecified atom stereocenters. The molecule has 0 radical (unpaired) electrons. The molecule has 1 amide bonds. The largest absolute Gasteiger partial charge is 0.345 e. The zero-order valence-corrected chi connectivity index (χ0v) is 20.0. The van der Waals surface area contributed by atoms with Gasteiger partial charge in [0.25, 0.3) is 15.9 Å². The van der Waals surface area contributed by atoms with Crippen LogP contribution in [0, 0.1) is 27.7 Å². The third kappa shape index (κ3) is 5.19. The van der Waals surface area contributed by atoms with Crippen LogP contribution in [0.5, 0.6) is 0 Å². The summed E-state index contributed by atoms with van der Waals surface area (Å²) in [5.41, 5.74) is 5.45. The third-order valence-corrected chi connectivity index (χ3v) is 7.29. The first-order chi connectivity index (χ1) is 15.1. The van der Waals surface area contributed by atoms with E-state index in [-0.39, 0.29) is 16.8 Å². The summed E-state index contributed by atoms with van der Waals surface area (Å²) in [7, 11) is -3.86. The fourth-order valence-corrected chi connectivity index (χ4v) is 4.95. The van der Waals surface area contributed by atoms with Crippen molar-refractivity contribution in [2.45, 2.75) is 52.0 Å². The number of rotatable bonds is 7. The summed E-state index contributed by atoms with van der Waals surface area (Å²) in [6.07, 6.45) is 0.722. The molecule has 1 atom stereocenters. The number of nitrogens with one attached hydrogen (secondary N) is 2. The molecule has 0 fully saturated rings. The number of hydrogen-bond donors (Lipinski definition) is 2. The maximum Gasteiger partial charge on any atom is 0.262 e. The number of carbonyl (C=O) groups is 1. The minimum atomic E-state index is -3.86. The van der Waals surface area contributed by atoms with E-state index in [2.05, 4.69) is 10.0 Å². The molecule has 0 aliphatic carbocycles. The first-order valence-electron chi connectivity index (χ1n) is 10.7. The first kappa shape index (κ1) is 23.5. The van der Waals surface area contributed by atoms with Gasteiger partial charge in [-0.05, 0) is 74.6 Å². The minimum absolute atomic E-state index is 0.0921. The van der Waals surface area contributed by atoms with Gasteiger partial charge in [0.15, 0.2) is 0 Å². The number of hydrogen-bond acceptors (Lipinski definition) is 3. The first-order valence-corrected chi connectivity index (χ1v) is 12.2. The van der Waals surface area contributed by atoms with Gasteiger partial charge in [0, 0.05) is 5.56 Å². The Morgan fingerprint density at radius 2 is 1.59 bits per heavy atom. The van der Waals surface area contributed by atoms with Crippen LogP contribution >= 0.6 is 0 Å². The number of anilines is 1. The average Bonchev–Trinajstić information content (AvgIpc) is 2.76. The van der Waals surface area contributed by atoms with Gasteiger partial charge in [-0.15, -0.1) is 0 Å². The molecule has 0 spiro atoms. The highest BCUT2D eigenvalue weighted by Gasteiger charge is 2.21. The average molecular weight is 451 g/mol. The summed E-state index contributed by atoms with van der Waals surface area (Å²) >= 11 is 0. The van der Waals surface area contributed by atoms with Gasteiger partial charge in [0.2, 0.25) is 0 Å². The SMILES string of the molecule is CCC(NC(=O)c1ccc(C)c(S(=O)(=O)Nc2cccc(C)c2C)c1)c1ccc(C)cc1. The monoisotopic (exact) mass is 450 g/mol. The lowest BCUT2D eigenvalue weighted by Gasteiger charge is -2.19. The van der Waals surface area contributed by atoms with Crippen molar-refractivity contribution in [3.63, 3.8) is 0 Å². The molecule has 3 rings (SSSR count). The smallest absolute Gasteiger partial charge is 0.262 e. The molecule has 3 aromatic carbocycles. The molecule has 0 bridgehead atoms. The highest BCUT2D eigenvalue weighted by atomic mass is 32.2. The summed E-state index contributed by atoms with van der Waals surface area (Å²) in [5, 5.41) is 3.03. The number of aryl methyl sites for hydroxylation is 3. The molecular formula is C26H30N2O3S. The highest BCUT2D eigenvalue weighted by Crippen LogP contribution is 2.25. The molecule has 0 saturated carbocycles. The zero-order chi connectivity index (χ0) is 23.5. The molecule has 2 N–H and O–H groups in total. The maximum atomic E-state index is 13.1. The molecule has 0 saturated heterocycles. The number of sulfonamides is 1. The predicted molar refractivity (Wildman–Crippen MR) is 130 cm³/mol. The molecule has 0 aliphatic heterocycles. The quantitative estimate of drug-likeness (QED) is 0.492. The van der Waals surface area contributed by atoms with Gasteiger partial charge in [0.05, 0.1) is 16.6 Å². The fraction of sp³-hybridized carbons (Fsp3) is 0.269. The van der Waals surface area contributed by atoms with Crippen LogP contribution in [0.15, 0.2) is 65.6 Å². The van der Waals surface area contributed by atoms with Crippen molar-refractivity contribution < 1.29 is 13.2 Å². The topological polar surface area (TPSA) is 75.3 Å². The fourth-order valence-electron chi connectivity index (χ4n) is 3.55. The Balaban J connectivity index is 1.87. The van der Waals surface area contributed by atoms with Gasteiger partial charge in [-0.1, -0.05) is 55.0 Å². The van der Waals surface area contributed by atoms with Crippen LogP contribution in [0.25, 0.3) is 0 Å². The maximum absolute atomic E-state index is 13.1. The second-order valence-corrected chi connectivity index (χ2v) is 9.83. The highest BCUT2D eigenvalue weighted by molar-refractivity contribution is 7.92. The second kappa shape index (κ2) is 9.57. The van der Waals surface area contributed by atoms with Gasteiger partial charge >= 0.3 is 0 Å². The van der Waals surface area contributed by atoms with Gasteiger partial charge in [-0.2, -0.15) is 0 Å². The molecule has 0 aliphatic rings. The summed E-state index contributed by atoms with van der Waals surface area (Å²) in [6.45, 7) is 9.55. The van der Waals surface area contributed by atoms with Crippen LogP contribution < -0.4 is 10.0 Å². The standard InChI is InChI=1S/C26H30N2O3S/c1-6-23(21-13-10-17(2)11-14-21)27-26(29)22-15-12-19(4)25(16-22)32(30,31)28-24-9-7-8-18(3)20(24)5/h7-16,23,28H,6H2,1-5H3,(H,27,29). The van der Waals surface area contributed by atoms with Crippen LogP contribution in [-0.2, 0) is 10.0 Å². The molecule has 5 nitrogen and oxygen atoms in total. The van der Waals surface area contributed by atoms with E-state index in [0.717, 1.165) is 28.7 Å². The van der Waals surface area contributed by atoms with Gasteiger partial charge in [-0.3, -0.25) is 9.52 Å². The molecular weight excluding hydrogens is 420 g/mol. The Morgan fingerprint density at radius 1 is 0.906 bits per heavy atom. The lowest BCUT2D eigenvalue weighted by atomic mass is 10.0. The molecule has 168 valence electrons. The Hall–Kier alpha value is -3.12. The zero-order valence-electron chi connectivity index (χ0n) is 19.2. The van der Waals surface area contributed by atoms with Crippen molar-refractivity contribution >= 4 is 21.6 Å². The Morgan fingerprint density at radius 3 is 2.25 bits per heavy atom. The van der Waals surface area contributed by atoms with Crippen molar-refractivity contribution in [2.24, 2.45) is 0 Å². The molecule has 6 heteroatoms. The predicted octanol–water partition coefficient (Wildman–Crippen LogP) is 5.60. The van der Waals surface area contributed by atoms with Crippen LogP contribution in [0.2, 0.25) is 0 Å². The Kier molecular flexibility index (Phi) is 7.04. The van der Waals surface area contributed by atoms with E-state index < -0.39 is 10.0 Å². The Labute approximate surface area is 190 Å². The lowest BCUT2D eigenvalue weighted by Crippen LogP contribution is -2.28. The van der Waals surface area contributed by atoms with E-state index in [1.807, 2.05) is 64.1 Å². The third-order valence-electron chi connectivity index (χ3n) is 5.78. The lowest BCUT2D eigenvalue weighted by molar-refractivity contribution is 0.0935. The normalized spacial score (nSPS) is 12.3. The van der Waals surface area contributed by atoms with Crippen molar-refractivity contribution in [3.05, 3.63) is 94.0 Å². The van der Waals surface area contributed by atoms with E-state index in [1.54, 1.807) is 25.1 Å². The number of benzene rings is 3. The summed E-state index contributed by atoms with van der Waals surface area (Å²) in [5.74, 6) is -0.305. The number of carbonyl (C=O) groups excluding carboxylic acids is 1. The van der Waals surface area contributed by atoms with Crippen molar-refractivity contribution in [1.82, 2.24) is 5.32 Å². The molecule has 3 aromatic rings. The summed E-state index contributed by atoms with van der Waals surface area (Å²) in [6, 6.07) is 18.1. The van der Waals surface area contributed by atoms with Crippen LogP contribution in [0.3, 0.4) is 0 Å². The Bertz CT molecular complexity index is 1230. The second-order valence-electron chi connectivity index (χ2n) is 8.18. The van der Waals surface area contributed by atoms with E-state index >= 15 is 0 Å². The van der Waals surface area contributed by atoms with Gasteiger partial charge in [0.1, 0.15) is 0 Å². The summed E-state index contributed by atoms with van der Waals surface area (Å²) in [4.78, 5) is 13.1. The molecule has 0 heterocycles. The summed E-state index contributed by atoms with van der Waals surface area (Å²) < 4.78 is 29.0. The molecule has 0 aromatic heterocycles. The van der Waals surface area contributed by atoms with Crippen LogP contribution in [0.4, 0.5) is 5.69 Å². The van der Waals surface area contributed by atoms with Crippen LogP contribution in [0.1, 0.15) is 57.6 Å². The molecule has 32 heavy (non-hydrogen) atoms. The van der Waals surface area contributed by atoms with Gasteiger partial charge < -0.3 is 5.32 Å². The van der Waals surface area contributed by atoms with Crippen molar-refractivity contribution in [3.8, 4) is 0 Å². The van der Waals surface area contributed by atoms with Crippen molar-refractivity contribution in [1.29, 1.82) is 0 Å². The van der Waals surface area contributed by atoms with E-state index in [4.69, 9.17) is 0 Å². The van der Waals surface area contributed by atoms with E-state index in [0.29, 0.717) is 16.8 Å². The minimum Gasteiger partial charge on any atom is -0.345 e.